The summed E-state index contributed by atoms with van der Waals surface area (Å²) in [5, 5.41) is 3.62. The molecule has 2 aliphatic rings. The van der Waals surface area contributed by atoms with Gasteiger partial charge in [0.1, 0.15) is 0 Å². The molecule has 182 valence electrons. The minimum Gasteiger partial charge on any atom is -0.324 e. The van der Waals surface area contributed by atoms with Gasteiger partial charge in [-0.1, -0.05) is 18.2 Å². The molecule has 3 aromatic rings. The number of amides is 2. The number of aromatic nitrogens is 1. The third-order valence-electron chi connectivity index (χ3n) is 6.62. The molecule has 1 aliphatic heterocycles. The fourth-order valence-corrected chi connectivity index (χ4v) is 5.88. The van der Waals surface area contributed by atoms with Crippen LogP contribution in [0.5, 0.6) is 0 Å². The summed E-state index contributed by atoms with van der Waals surface area (Å²) in [5.74, 6) is -0.222. The predicted molar refractivity (Wildman–Crippen MR) is 135 cm³/mol. The highest BCUT2D eigenvalue weighted by atomic mass is 32.2. The first-order chi connectivity index (χ1) is 16.6. The second-order valence-electron chi connectivity index (χ2n) is 9.46. The molecule has 1 atom stereocenters. The molecule has 9 heteroatoms. The molecule has 1 aromatic heterocycles. The van der Waals surface area contributed by atoms with Crippen LogP contribution in [-0.2, 0) is 26.0 Å². The highest BCUT2D eigenvalue weighted by Crippen LogP contribution is 2.39. The van der Waals surface area contributed by atoms with Crippen LogP contribution in [-0.4, -0.2) is 49.2 Å². The van der Waals surface area contributed by atoms with Gasteiger partial charge in [0.05, 0.1) is 22.6 Å². The number of pyridine rings is 1. The molecule has 0 saturated heterocycles. The number of rotatable bonds is 6. The minimum atomic E-state index is -3.90. The number of anilines is 2. The van der Waals surface area contributed by atoms with Crippen molar-refractivity contribution >= 4 is 44.1 Å². The Balaban J connectivity index is 1.33. The Labute approximate surface area is 205 Å². The molecule has 2 heterocycles. The van der Waals surface area contributed by atoms with Crippen molar-refractivity contribution in [1.29, 1.82) is 0 Å². The highest BCUT2D eigenvalue weighted by molar-refractivity contribution is 7.89. The van der Waals surface area contributed by atoms with Gasteiger partial charge in [-0.25, -0.2) is 8.42 Å². The summed E-state index contributed by atoms with van der Waals surface area (Å²) in [5.41, 5.74) is 3.72. The lowest BCUT2D eigenvalue weighted by molar-refractivity contribution is -0.120. The van der Waals surface area contributed by atoms with Gasteiger partial charge in [0.25, 0.3) is 0 Å². The van der Waals surface area contributed by atoms with Gasteiger partial charge in [-0.2, -0.15) is 4.31 Å². The van der Waals surface area contributed by atoms with Crippen LogP contribution in [0.2, 0.25) is 0 Å². The van der Waals surface area contributed by atoms with Crippen molar-refractivity contribution in [2.45, 2.75) is 44.0 Å². The zero-order valence-electron chi connectivity index (χ0n) is 20.0. The molecular formula is C26H28N4O4S. The van der Waals surface area contributed by atoms with E-state index < -0.39 is 15.9 Å². The number of carbonyl (C=O) groups is 2. The summed E-state index contributed by atoms with van der Waals surface area (Å²) in [7, 11) is -2.51. The van der Waals surface area contributed by atoms with Crippen LogP contribution < -0.4 is 10.2 Å². The van der Waals surface area contributed by atoms with Gasteiger partial charge in [0.15, 0.2) is 0 Å². The lowest BCUT2D eigenvalue weighted by atomic mass is 10.1. The number of hydrogen-bond donors (Lipinski definition) is 1. The van der Waals surface area contributed by atoms with E-state index in [0.29, 0.717) is 12.1 Å². The maximum atomic E-state index is 13.3. The van der Waals surface area contributed by atoms with Crippen molar-refractivity contribution < 1.29 is 18.0 Å². The quantitative estimate of drug-likeness (QED) is 0.568. The molecule has 5 rings (SSSR count). The average Bonchev–Trinajstić information content (AvgIpc) is 3.60. The molecule has 1 N–H and O–H groups in total. The number of nitrogens with one attached hydrogen (secondary N) is 1. The highest BCUT2D eigenvalue weighted by Gasteiger charge is 2.40. The standard InChI is InChI=1S/C26H28N4O4S/c1-16-12-23(21-6-4-5-7-22(21)27-16)28-25(31)15-29(3)35(33,34)20-10-11-24-19(14-20)13-17(2)30(24)26(32)18-8-9-18/h4-7,10-12,14,17-18H,8-9,13,15H2,1-3H3,(H,27,28,31). The number of carbonyl (C=O) groups excluding carboxylic acids is 2. The number of aryl methyl sites for hydroxylation is 1. The molecule has 0 bridgehead atoms. The normalized spacial score (nSPS) is 17.6. The van der Waals surface area contributed by atoms with Crippen molar-refractivity contribution in [3.63, 3.8) is 0 Å². The maximum Gasteiger partial charge on any atom is 0.243 e. The van der Waals surface area contributed by atoms with Gasteiger partial charge >= 0.3 is 0 Å². The second kappa shape index (κ2) is 8.73. The lowest BCUT2D eigenvalue weighted by Gasteiger charge is -2.23. The van der Waals surface area contributed by atoms with Gasteiger partial charge in [0, 0.05) is 35.8 Å². The van der Waals surface area contributed by atoms with Gasteiger partial charge in [-0.05, 0) is 69.0 Å². The van der Waals surface area contributed by atoms with Crippen molar-refractivity contribution in [2.24, 2.45) is 5.92 Å². The number of benzene rings is 2. The molecule has 8 nitrogen and oxygen atoms in total. The van der Waals surface area contributed by atoms with Crippen LogP contribution in [0.15, 0.2) is 53.4 Å². The van der Waals surface area contributed by atoms with Crippen LogP contribution in [0.3, 0.4) is 0 Å². The number of fused-ring (bicyclic) bond motifs is 2. The van der Waals surface area contributed by atoms with Gasteiger partial charge in [-0.15, -0.1) is 0 Å². The van der Waals surface area contributed by atoms with Crippen LogP contribution in [0, 0.1) is 12.8 Å². The van der Waals surface area contributed by atoms with Crippen molar-refractivity contribution in [2.75, 3.05) is 23.8 Å². The molecule has 1 aliphatic carbocycles. The molecule has 1 saturated carbocycles. The molecule has 2 aromatic carbocycles. The number of likely N-dealkylation sites (N-methyl/N-ethyl adjacent to an activating group) is 1. The topological polar surface area (TPSA) is 99.7 Å². The minimum absolute atomic E-state index is 0.00166. The Morgan fingerprint density at radius 3 is 2.63 bits per heavy atom. The number of sulfonamides is 1. The van der Waals surface area contributed by atoms with E-state index in [1.54, 1.807) is 18.2 Å². The van der Waals surface area contributed by atoms with Gasteiger partial charge < -0.3 is 10.2 Å². The first-order valence-electron chi connectivity index (χ1n) is 11.7. The number of hydrogen-bond acceptors (Lipinski definition) is 5. The molecule has 1 unspecified atom stereocenters. The fraction of sp³-hybridized carbons (Fsp3) is 0.346. The third-order valence-corrected chi connectivity index (χ3v) is 8.42. The molecule has 0 radical (unpaired) electrons. The van der Waals surface area contributed by atoms with E-state index in [2.05, 4.69) is 10.3 Å². The summed E-state index contributed by atoms with van der Waals surface area (Å²) >= 11 is 0. The Morgan fingerprint density at radius 1 is 1.14 bits per heavy atom. The summed E-state index contributed by atoms with van der Waals surface area (Å²) in [6.45, 7) is 3.49. The zero-order chi connectivity index (χ0) is 24.9. The van der Waals surface area contributed by atoms with Crippen LogP contribution in [0.1, 0.15) is 31.0 Å². The van der Waals surface area contributed by atoms with E-state index in [1.165, 1.54) is 13.1 Å². The second-order valence-corrected chi connectivity index (χ2v) is 11.5. The zero-order valence-corrected chi connectivity index (χ0v) is 20.8. The molecule has 2 amide bonds. The first-order valence-corrected chi connectivity index (χ1v) is 13.2. The third kappa shape index (κ3) is 4.41. The first kappa shape index (κ1) is 23.4. The summed E-state index contributed by atoms with van der Waals surface area (Å²) < 4.78 is 27.6. The van der Waals surface area contributed by atoms with Gasteiger partial charge in [0.2, 0.25) is 21.8 Å². The van der Waals surface area contributed by atoms with E-state index in [1.807, 2.05) is 43.0 Å². The SMILES string of the molecule is Cc1cc(NC(=O)CN(C)S(=O)(=O)c2ccc3c(c2)CC(C)N3C(=O)C2CC2)c2ccccc2n1. The van der Waals surface area contributed by atoms with E-state index in [0.717, 1.165) is 45.0 Å². The molecule has 1 fully saturated rings. The monoisotopic (exact) mass is 492 g/mol. The van der Waals surface area contributed by atoms with Crippen molar-refractivity contribution in [1.82, 2.24) is 9.29 Å². The van der Waals surface area contributed by atoms with Crippen LogP contribution in [0.25, 0.3) is 10.9 Å². The van der Waals surface area contributed by atoms with Crippen LogP contribution >= 0.6 is 0 Å². The fourth-order valence-electron chi connectivity index (χ4n) is 4.70. The maximum absolute atomic E-state index is 13.3. The van der Waals surface area contributed by atoms with Gasteiger partial charge in [-0.3, -0.25) is 14.6 Å². The Bertz CT molecular complexity index is 1450. The number of nitrogens with zero attached hydrogens (tertiary/aromatic N) is 3. The Hall–Kier alpha value is -3.30. The van der Waals surface area contributed by atoms with E-state index >= 15 is 0 Å². The Kier molecular flexibility index (Phi) is 5.85. The summed E-state index contributed by atoms with van der Waals surface area (Å²) in [4.78, 5) is 31.9. The molecule has 35 heavy (non-hydrogen) atoms. The van der Waals surface area contributed by atoms with Crippen molar-refractivity contribution in [3.8, 4) is 0 Å². The molecule has 0 spiro atoms. The van der Waals surface area contributed by atoms with Crippen molar-refractivity contribution in [3.05, 3.63) is 59.8 Å². The molecular weight excluding hydrogens is 464 g/mol. The number of para-hydroxylation sites is 1. The predicted octanol–water partition coefficient (Wildman–Crippen LogP) is 3.49. The van der Waals surface area contributed by atoms with Crippen LogP contribution in [0.4, 0.5) is 11.4 Å². The van der Waals surface area contributed by atoms with E-state index in [9.17, 15) is 18.0 Å². The lowest BCUT2D eigenvalue weighted by Crippen LogP contribution is -2.36. The largest absolute Gasteiger partial charge is 0.324 e. The summed E-state index contributed by atoms with van der Waals surface area (Å²) in [6.07, 6.45) is 2.45. The smallest absolute Gasteiger partial charge is 0.243 e. The average molecular weight is 493 g/mol. The van der Waals surface area contributed by atoms with E-state index in [4.69, 9.17) is 0 Å². The van der Waals surface area contributed by atoms with E-state index in [-0.39, 0.29) is 29.3 Å². The Morgan fingerprint density at radius 2 is 1.89 bits per heavy atom. The summed E-state index contributed by atoms with van der Waals surface area (Å²) in [6, 6.07) is 14.1.